The summed E-state index contributed by atoms with van der Waals surface area (Å²) >= 11 is 0. The van der Waals surface area contributed by atoms with E-state index in [0.717, 1.165) is 19.5 Å². The predicted molar refractivity (Wildman–Crippen MR) is 94.3 cm³/mol. The van der Waals surface area contributed by atoms with Crippen molar-refractivity contribution in [3.8, 4) is 0 Å². The number of carbonyl (C=O) groups is 1. The van der Waals surface area contributed by atoms with Crippen molar-refractivity contribution in [3.05, 3.63) is 41.1 Å². The maximum absolute atomic E-state index is 12.7. The number of aromatic nitrogens is 2. The third-order valence-electron chi connectivity index (χ3n) is 5.29. The van der Waals surface area contributed by atoms with Gasteiger partial charge in [0.05, 0.1) is 29.8 Å². The van der Waals surface area contributed by atoms with E-state index in [4.69, 9.17) is 9.52 Å². The van der Waals surface area contributed by atoms with Gasteiger partial charge in [-0.3, -0.25) is 14.4 Å². The van der Waals surface area contributed by atoms with Crippen molar-refractivity contribution < 1.29 is 9.21 Å². The smallest absolute Gasteiger partial charge is 0.257 e. The van der Waals surface area contributed by atoms with Crippen LogP contribution in [-0.4, -0.2) is 45.1 Å². The maximum atomic E-state index is 12.7. The van der Waals surface area contributed by atoms with Crippen LogP contribution in [0.3, 0.4) is 0 Å². The predicted octanol–water partition coefficient (Wildman–Crippen LogP) is 2.85. The Morgan fingerprint density at radius 3 is 2.76 bits per heavy atom. The lowest BCUT2D eigenvalue weighted by molar-refractivity contribution is 0.0728. The number of hydrogen-bond donors (Lipinski definition) is 0. The average Bonchev–Trinajstić information content (AvgIpc) is 3.35. The van der Waals surface area contributed by atoms with Gasteiger partial charge in [0.15, 0.2) is 0 Å². The molecule has 1 amide bonds. The maximum Gasteiger partial charge on any atom is 0.257 e. The highest BCUT2D eigenvalue weighted by Crippen LogP contribution is 2.27. The molecule has 4 rings (SSSR count). The van der Waals surface area contributed by atoms with Crippen molar-refractivity contribution in [2.45, 2.75) is 52.2 Å². The van der Waals surface area contributed by atoms with Crippen LogP contribution in [0.4, 0.5) is 0 Å². The van der Waals surface area contributed by atoms with Gasteiger partial charge in [-0.1, -0.05) is 0 Å². The molecule has 0 N–H and O–H groups in total. The Kier molecular flexibility index (Phi) is 4.37. The zero-order valence-corrected chi connectivity index (χ0v) is 15.1. The van der Waals surface area contributed by atoms with Gasteiger partial charge in [0.25, 0.3) is 5.91 Å². The summed E-state index contributed by atoms with van der Waals surface area (Å²) in [6, 6.07) is 2.03. The van der Waals surface area contributed by atoms with Crippen molar-refractivity contribution >= 4 is 5.91 Å². The SMILES string of the molecule is CC(C)n1nc(CN2CCCC2)c2c1CN(C(=O)c1ccoc1)CC2. The molecule has 0 aliphatic carbocycles. The molecule has 2 aromatic heterocycles. The van der Waals surface area contributed by atoms with E-state index in [1.165, 1.54) is 49.1 Å². The fourth-order valence-electron chi connectivity index (χ4n) is 3.97. The summed E-state index contributed by atoms with van der Waals surface area (Å²) in [6.45, 7) is 8.98. The molecule has 1 saturated heterocycles. The first-order valence-corrected chi connectivity index (χ1v) is 9.26. The molecule has 2 aliphatic rings. The van der Waals surface area contributed by atoms with E-state index >= 15 is 0 Å². The fraction of sp³-hybridized carbons (Fsp3) is 0.579. The number of nitrogens with zero attached hydrogens (tertiary/aromatic N) is 4. The number of hydrogen-bond acceptors (Lipinski definition) is 4. The summed E-state index contributed by atoms with van der Waals surface area (Å²) in [5, 5.41) is 4.93. The minimum atomic E-state index is 0.0389. The van der Waals surface area contributed by atoms with E-state index in [0.29, 0.717) is 18.2 Å². The normalized spacial score (nSPS) is 18.1. The van der Waals surface area contributed by atoms with E-state index in [1.807, 2.05) is 4.90 Å². The molecule has 6 nitrogen and oxygen atoms in total. The second kappa shape index (κ2) is 6.67. The van der Waals surface area contributed by atoms with Gasteiger partial charge in [-0.05, 0) is 52.3 Å². The number of amides is 1. The van der Waals surface area contributed by atoms with Crippen LogP contribution in [0.25, 0.3) is 0 Å². The Morgan fingerprint density at radius 1 is 1.28 bits per heavy atom. The average molecular weight is 342 g/mol. The standard InChI is InChI=1S/C19H26N4O2/c1-14(2)23-18-12-22(19(24)15-6-10-25-13-15)9-5-16(18)17(20-23)11-21-7-3-4-8-21/h6,10,13-14H,3-5,7-9,11-12H2,1-2H3. The highest BCUT2D eigenvalue weighted by molar-refractivity contribution is 5.93. The summed E-state index contributed by atoms with van der Waals surface area (Å²) in [6.07, 6.45) is 6.54. The summed E-state index contributed by atoms with van der Waals surface area (Å²) in [7, 11) is 0. The van der Waals surface area contributed by atoms with Gasteiger partial charge in [-0.15, -0.1) is 0 Å². The largest absolute Gasteiger partial charge is 0.472 e. The third-order valence-corrected chi connectivity index (χ3v) is 5.29. The Hall–Kier alpha value is -2.08. The first-order chi connectivity index (χ1) is 12.1. The van der Waals surface area contributed by atoms with Crippen molar-refractivity contribution in [1.29, 1.82) is 0 Å². The highest BCUT2D eigenvalue weighted by atomic mass is 16.3. The third kappa shape index (κ3) is 3.11. The van der Waals surface area contributed by atoms with Crippen LogP contribution >= 0.6 is 0 Å². The lowest BCUT2D eigenvalue weighted by atomic mass is 10.0. The van der Waals surface area contributed by atoms with Gasteiger partial charge in [-0.25, -0.2) is 0 Å². The molecule has 0 radical (unpaired) electrons. The van der Waals surface area contributed by atoms with Crippen LogP contribution in [0.5, 0.6) is 0 Å². The minimum absolute atomic E-state index is 0.0389. The van der Waals surface area contributed by atoms with E-state index in [1.54, 1.807) is 12.3 Å². The molecule has 2 aliphatic heterocycles. The lowest BCUT2D eigenvalue weighted by Gasteiger charge is -2.28. The van der Waals surface area contributed by atoms with Crippen molar-refractivity contribution in [3.63, 3.8) is 0 Å². The van der Waals surface area contributed by atoms with Crippen LogP contribution < -0.4 is 0 Å². The minimum Gasteiger partial charge on any atom is -0.472 e. The van der Waals surface area contributed by atoms with E-state index in [2.05, 4.69) is 23.4 Å². The fourth-order valence-corrected chi connectivity index (χ4v) is 3.97. The molecule has 0 spiro atoms. The first-order valence-electron chi connectivity index (χ1n) is 9.26. The molecule has 4 heterocycles. The second-order valence-electron chi connectivity index (χ2n) is 7.38. The Labute approximate surface area is 148 Å². The van der Waals surface area contributed by atoms with Gasteiger partial charge in [0.2, 0.25) is 0 Å². The number of furan rings is 1. The van der Waals surface area contributed by atoms with Crippen LogP contribution in [0, 0.1) is 0 Å². The van der Waals surface area contributed by atoms with Gasteiger partial charge in [-0.2, -0.15) is 5.10 Å². The molecule has 0 bridgehead atoms. The molecule has 2 aromatic rings. The highest BCUT2D eigenvalue weighted by Gasteiger charge is 2.29. The van der Waals surface area contributed by atoms with Gasteiger partial charge in [0.1, 0.15) is 6.26 Å². The topological polar surface area (TPSA) is 54.5 Å². The molecule has 1 fully saturated rings. The number of likely N-dealkylation sites (tertiary alicyclic amines) is 1. The van der Waals surface area contributed by atoms with Crippen LogP contribution in [0.2, 0.25) is 0 Å². The zero-order chi connectivity index (χ0) is 17.4. The molecule has 0 atom stereocenters. The quantitative estimate of drug-likeness (QED) is 0.857. The monoisotopic (exact) mass is 342 g/mol. The van der Waals surface area contributed by atoms with E-state index < -0.39 is 0 Å². The Morgan fingerprint density at radius 2 is 2.08 bits per heavy atom. The number of rotatable bonds is 4. The van der Waals surface area contributed by atoms with E-state index in [-0.39, 0.29) is 5.91 Å². The van der Waals surface area contributed by atoms with Crippen LogP contribution in [-0.2, 0) is 19.5 Å². The van der Waals surface area contributed by atoms with Gasteiger partial charge < -0.3 is 9.32 Å². The first kappa shape index (κ1) is 16.4. The van der Waals surface area contributed by atoms with Crippen molar-refractivity contribution in [1.82, 2.24) is 19.6 Å². The molecule has 0 aromatic carbocycles. The van der Waals surface area contributed by atoms with Crippen molar-refractivity contribution in [2.24, 2.45) is 0 Å². The van der Waals surface area contributed by atoms with Crippen LogP contribution in [0.15, 0.2) is 23.0 Å². The Balaban J connectivity index is 1.59. The lowest BCUT2D eigenvalue weighted by Crippen LogP contribution is -2.37. The second-order valence-corrected chi connectivity index (χ2v) is 7.38. The number of fused-ring (bicyclic) bond motifs is 1. The number of carbonyl (C=O) groups excluding carboxylic acids is 1. The summed E-state index contributed by atoms with van der Waals surface area (Å²) in [5.74, 6) is 0.0389. The van der Waals surface area contributed by atoms with E-state index in [9.17, 15) is 4.79 Å². The molecule has 134 valence electrons. The molecule has 0 saturated carbocycles. The van der Waals surface area contributed by atoms with Gasteiger partial charge >= 0.3 is 0 Å². The molecular weight excluding hydrogens is 316 g/mol. The Bertz CT molecular complexity index is 742. The summed E-state index contributed by atoms with van der Waals surface area (Å²) < 4.78 is 7.19. The summed E-state index contributed by atoms with van der Waals surface area (Å²) in [4.78, 5) is 17.1. The van der Waals surface area contributed by atoms with Gasteiger partial charge in [0, 0.05) is 24.7 Å². The molecular formula is C19H26N4O2. The summed E-state index contributed by atoms with van der Waals surface area (Å²) in [5.41, 5.74) is 4.39. The van der Waals surface area contributed by atoms with Crippen LogP contribution in [0.1, 0.15) is 60.0 Å². The van der Waals surface area contributed by atoms with Crippen molar-refractivity contribution in [2.75, 3.05) is 19.6 Å². The molecule has 6 heteroatoms. The zero-order valence-electron chi connectivity index (χ0n) is 15.1. The molecule has 25 heavy (non-hydrogen) atoms. The molecule has 0 unspecified atom stereocenters.